The molecule has 0 aliphatic heterocycles. The van der Waals surface area contributed by atoms with Crippen molar-refractivity contribution in [1.82, 2.24) is 0 Å². The molecule has 0 saturated carbocycles. The van der Waals surface area contributed by atoms with Crippen molar-refractivity contribution in [1.29, 1.82) is 0 Å². The van der Waals surface area contributed by atoms with Crippen LogP contribution in [0.5, 0.6) is 5.75 Å². The predicted octanol–water partition coefficient (Wildman–Crippen LogP) is 3.52. The Morgan fingerprint density at radius 1 is 1.31 bits per heavy atom. The molecular formula is C13H17NO2. The maximum atomic E-state index is 7.18. The number of hydrogen-bond donors (Lipinski definition) is 0. The van der Waals surface area contributed by atoms with E-state index in [2.05, 4.69) is 25.6 Å². The summed E-state index contributed by atoms with van der Waals surface area (Å²) in [5, 5.41) is 0. The zero-order chi connectivity index (χ0) is 12.2. The largest absolute Gasteiger partial charge is 0.469 e. The third kappa shape index (κ3) is 2.74. The Morgan fingerprint density at radius 2 is 2.00 bits per heavy atom. The smallest absolute Gasteiger partial charge is 0.194 e. The second-order valence-corrected chi connectivity index (χ2v) is 4.56. The number of methoxy groups -OCH3 is 1. The molecule has 0 unspecified atom stereocenters. The van der Waals surface area contributed by atoms with Crippen LogP contribution < -0.4 is 4.74 Å². The Bertz CT molecular complexity index is 399. The molecule has 0 radical (unpaired) electrons. The van der Waals surface area contributed by atoms with Crippen molar-refractivity contribution in [3.05, 3.63) is 35.2 Å². The first-order valence-corrected chi connectivity index (χ1v) is 5.13. The molecule has 0 aromatic heterocycles. The summed E-state index contributed by atoms with van der Waals surface area (Å²) >= 11 is 0. The minimum Gasteiger partial charge on any atom is -0.469 e. The molecule has 0 heterocycles. The molecule has 0 saturated heterocycles. The molecule has 0 N–H and O–H groups in total. The van der Waals surface area contributed by atoms with Crippen LogP contribution in [0.3, 0.4) is 0 Å². The normalized spacial score (nSPS) is 10.9. The highest BCUT2D eigenvalue weighted by molar-refractivity contribution is 5.61. The summed E-state index contributed by atoms with van der Waals surface area (Å²) in [4.78, 5) is 3.53. The average molecular weight is 219 g/mol. The fraction of sp³-hybridized carbons (Fsp3) is 0.462. The summed E-state index contributed by atoms with van der Waals surface area (Å²) in [6.07, 6.45) is 0. The number of nitrogens with zero attached hydrogens (tertiary/aromatic N) is 1. The van der Waals surface area contributed by atoms with Crippen LogP contribution in [0.15, 0.2) is 18.2 Å². The van der Waals surface area contributed by atoms with Crippen LogP contribution >= 0.6 is 0 Å². The number of hydrogen-bond acceptors (Lipinski definition) is 2. The van der Waals surface area contributed by atoms with E-state index >= 15 is 0 Å². The molecule has 0 spiro atoms. The lowest BCUT2D eigenvalue weighted by Crippen LogP contribution is -2.14. The van der Waals surface area contributed by atoms with E-state index in [-0.39, 0.29) is 12.2 Å². The van der Waals surface area contributed by atoms with E-state index in [4.69, 9.17) is 16.0 Å². The van der Waals surface area contributed by atoms with Crippen molar-refractivity contribution in [2.75, 3.05) is 13.9 Å². The summed E-state index contributed by atoms with van der Waals surface area (Å²) < 4.78 is 10.4. The van der Waals surface area contributed by atoms with Gasteiger partial charge in [0.1, 0.15) is 5.75 Å². The Balaban J connectivity index is 3.23. The lowest BCUT2D eigenvalue weighted by molar-refractivity contribution is 0.0499. The summed E-state index contributed by atoms with van der Waals surface area (Å²) in [6, 6.07) is 5.51. The summed E-state index contributed by atoms with van der Waals surface area (Å²) in [5.41, 5.74) is 1.45. The first kappa shape index (κ1) is 12.5. The van der Waals surface area contributed by atoms with Gasteiger partial charge in [0.25, 0.3) is 0 Å². The highest BCUT2D eigenvalue weighted by Crippen LogP contribution is 2.38. The van der Waals surface area contributed by atoms with Gasteiger partial charge in [-0.2, -0.15) is 0 Å². The molecular weight excluding hydrogens is 202 g/mol. The van der Waals surface area contributed by atoms with Gasteiger partial charge in [-0.05, 0) is 11.5 Å². The van der Waals surface area contributed by atoms with Crippen LogP contribution in [-0.2, 0) is 10.2 Å². The molecule has 0 atom stereocenters. The second-order valence-electron chi connectivity index (χ2n) is 4.56. The van der Waals surface area contributed by atoms with Gasteiger partial charge in [-0.25, -0.2) is 4.85 Å². The fourth-order valence-corrected chi connectivity index (χ4v) is 1.61. The van der Waals surface area contributed by atoms with Gasteiger partial charge in [0.2, 0.25) is 0 Å². The third-order valence-corrected chi connectivity index (χ3v) is 2.21. The molecule has 3 nitrogen and oxygen atoms in total. The molecule has 0 fully saturated rings. The monoisotopic (exact) mass is 219 g/mol. The quantitative estimate of drug-likeness (QED) is 0.573. The van der Waals surface area contributed by atoms with Crippen LogP contribution in [0.25, 0.3) is 4.85 Å². The Labute approximate surface area is 96.8 Å². The van der Waals surface area contributed by atoms with Crippen molar-refractivity contribution in [3.63, 3.8) is 0 Å². The number of rotatable bonds is 3. The summed E-state index contributed by atoms with van der Waals surface area (Å²) in [5.74, 6) is 0.725. The average Bonchev–Trinajstić information content (AvgIpc) is 2.24. The SMILES string of the molecule is [C-]#[N+]c1cccc(OCOC)c1C(C)(C)C. The standard InChI is InChI=1S/C13H17NO2/c1-13(2,3)12-10(14-4)7-6-8-11(12)16-9-15-5/h6-8H,9H2,1-3,5H3. The van der Waals surface area contributed by atoms with Crippen molar-refractivity contribution in [2.24, 2.45) is 0 Å². The highest BCUT2D eigenvalue weighted by Gasteiger charge is 2.22. The molecule has 1 aromatic carbocycles. The van der Waals surface area contributed by atoms with Gasteiger partial charge in [-0.15, -0.1) is 0 Å². The van der Waals surface area contributed by atoms with Crippen molar-refractivity contribution < 1.29 is 9.47 Å². The zero-order valence-corrected chi connectivity index (χ0v) is 10.2. The Hall–Kier alpha value is -1.53. The van der Waals surface area contributed by atoms with E-state index in [0.717, 1.165) is 11.3 Å². The molecule has 0 aliphatic carbocycles. The molecule has 1 aromatic rings. The van der Waals surface area contributed by atoms with Gasteiger partial charge >= 0.3 is 0 Å². The molecule has 0 amide bonds. The fourth-order valence-electron chi connectivity index (χ4n) is 1.61. The van der Waals surface area contributed by atoms with E-state index in [1.165, 1.54) is 0 Å². The van der Waals surface area contributed by atoms with Crippen LogP contribution in [0.4, 0.5) is 5.69 Å². The van der Waals surface area contributed by atoms with Gasteiger partial charge in [0, 0.05) is 12.7 Å². The summed E-state index contributed by atoms with van der Waals surface area (Å²) in [7, 11) is 1.58. The van der Waals surface area contributed by atoms with Crippen LogP contribution in [0.2, 0.25) is 0 Å². The molecule has 0 bridgehead atoms. The minimum atomic E-state index is -0.121. The Kier molecular flexibility index (Phi) is 3.92. The van der Waals surface area contributed by atoms with Gasteiger partial charge in [0.05, 0.1) is 6.57 Å². The van der Waals surface area contributed by atoms with Gasteiger partial charge < -0.3 is 9.47 Å². The first-order valence-electron chi connectivity index (χ1n) is 5.13. The van der Waals surface area contributed by atoms with E-state index in [1.807, 2.05) is 18.2 Å². The lowest BCUT2D eigenvalue weighted by Gasteiger charge is -2.24. The molecule has 0 aliphatic rings. The lowest BCUT2D eigenvalue weighted by atomic mass is 9.85. The van der Waals surface area contributed by atoms with E-state index in [0.29, 0.717) is 5.69 Å². The van der Waals surface area contributed by atoms with E-state index in [1.54, 1.807) is 7.11 Å². The zero-order valence-electron chi connectivity index (χ0n) is 10.2. The maximum Gasteiger partial charge on any atom is 0.194 e. The Morgan fingerprint density at radius 3 is 2.50 bits per heavy atom. The van der Waals surface area contributed by atoms with Crippen molar-refractivity contribution in [3.8, 4) is 5.75 Å². The summed E-state index contributed by atoms with van der Waals surface area (Å²) in [6.45, 7) is 13.6. The first-order chi connectivity index (χ1) is 7.50. The molecule has 1 rings (SSSR count). The van der Waals surface area contributed by atoms with E-state index in [9.17, 15) is 0 Å². The third-order valence-electron chi connectivity index (χ3n) is 2.21. The second kappa shape index (κ2) is 5.00. The van der Waals surface area contributed by atoms with Crippen LogP contribution in [-0.4, -0.2) is 13.9 Å². The topological polar surface area (TPSA) is 22.8 Å². The number of ether oxygens (including phenoxy) is 2. The molecule has 16 heavy (non-hydrogen) atoms. The molecule has 86 valence electrons. The minimum absolute atomic E-state index is 0.121. The van der Waals surface area contributed by atoms with Crippen molar-refractivity contribution in [2.45, 2.75) is 26.2 Å². The van der Waals surface area contributed by atoms with Crippen molar-refractivity contribution >= 4 is 5.69 Å². The van der Waals surface area contributed by atoms with Gasteiger partial charge in [0.15, 0.2) is 12.5 Å². The maximum absolute atomic E-state index is 7.18. The predicted molar refractivity (Wildman–Crippen MR) is 63.9 cm³/mol. The van der Waals surface area contributed by atoms with Crippen LogP contribution in [0, 0.1) is 6.57 Å². The van der Waals surface area contributed by atoms with Gasteiger partial charge in [-0.1, -0.05) is 32.9 Å². The van der Waals surface area contributed by atoms with Crippen LogP contribution in [0.1, 0.15) is 26.3 Å². The van der Waals surface area contributed by atoms with Gasteiger partial charge in [-0.3, -0.25) is 0 Å². The molecule has 3 heteroatoms. The van der Waals surface area contributed by atoms with E-state index < -0.39 is 0 Å². The highest BCUT2D eigenvalue weighted by atomic mass is 16.7. The number of benzene rings is 1.